The van der Waals surface area contributed by atoms with Gasteiger partial charge in [0, 0.05) is 15.5 Å². The Morgan fingerprint density at radius 1 is 0.881 bits per heavy atom. The normalized spacial score (nSPS) is 14.0. The fourth-order valence-corrected chi connectivity index (χ4v) is 5.72. The third kappa shape index (κ3) is 6.72. The molecule has 1 aliphatic heterocycles. The molecule has 1 saturated heterocycles. The summed E-state index contributed by atoms with van der Waals surface area (Å²) in [6.07, 6.45) is 1.58. The molecule has 0 spiro atoms. The van der Waals surface area contributed by atoms with Gasteiger partial charge in [0.2, 0.25) is 5.91 Å². The third-order valence-corrected chi connectivity index (χ3v) is 8.21. The average Bonchev–Trinajstić information content (AvgIpc) is 3.23. The molecule has 0 unspecified atom stereocenters. The number of hydrogen-bond donors (Lipinski definition) is 2. The summed E-state index contributed by atoms with van der Waals surface area (Å²) in [5.74, 6) is -0.835. The zero-order valence-electron chi connectivity index (χ0n) is 22.8. The fourth-order valence-electron chi connectivity index (χ4n) is 4.33. The number of thioether (sulfide) groups is 1. The SMILES string of the molecule is Cc1cc(Br)c(NC(=O)COc2ccc(/C=C3/SC(=O)N(CC(=O)Nc4cccc5ccccc45)C3=O)cc2)cc1C. The van der Waals surface area contributed by atoms with Crippen LogP contribution < -0.4 is 15.4 Å². The first kappa shape index (κ1) is 29.1. The predicted molar refractivity (Wildman–Crippen MR) is 169 cm³/mol. The molecule has 8 nitrogen and oxygen atoms in total. The van der Waals surface area contributed by atoms with Crippen LogP contribution in [0.2, 0.25) is 0 Å². The van der Waals surface area contributed by atoms with E-state index in [1.807, 2.05) is 62.4 Å². The van der Waals surface area contributed by atoms with E-state index in [1.54, 1.807) is 36.4 Å². The predicted octanol–water partition coefficient (Wildman–Crippen LogP) is 6.91. The Hall–Kier alpha value is -4.41. The highest BCUT2D eigenvalue weighted by atomic mass is 79.9. The van der Waals surface area contributed by atoms with Gasteiger partial charge in [-0.2, -0.15) is 0 Å². The van der Waals surface area contributed by atoms with Crippen molar-refractivity contribution in [3.63, 3.8) is 0 Å². The molecule has 0 aromatic heterocycles. The Balaban J connectivity index is 1.16. The first-order valence-electron chi connectivity index (χ1n) is 13.0. The molecule has 1 fully saturated rings. The van der Waals surface area contributed by atoms with Crippen LogP contribution >= 0.6 is 27.7 Å². The molecule has 0 atom stereocenters. The fraction of sp³-hybridized carbons (Fsp3) is 0.125. The number of hydrogen-bond acceptors (Lipinski definition) is 6. The highest BCUT2D eigenvalue weighted by molar-refractivity contribution is 9.10. The number of imide groups is 1. The number of anilines is 2. The summed E-state index contributed by atoms with van der Waals surface area (Å²) in [7, 11) is 0. The van der Waals surface area contributed by atoms with Crippen LogP contribution in [0, 0.1) is 13.8 Å². The zero-order valence-corrected chi connectivity index (χ0v) is 25.2. The van der Waals surface area contributed by atoms with Crippen molar-refractivity contribution in [3.05, 3.63) is 105 Å². The van der Waals surface area contributed by atoms with E-state index in [-0.39, 0.29) is 17.4 Å². The zero-order chi connectivity index (χ0) is 29.8. The largest absolute Gasteiger partial charge is 0.484 e. The summed E-state index contributed by atoms with van der Waals surface area (Å²) >= 11 is 4.24. The molecule has 0 aliphatic carbocycles. The second-order valence-electron chi connectivity index (χ2n) is 9.66. The second kappa shape index (κ2) is 12.6. The van der Waals surface area contributed by atoms with E-state index in [4.69, 9.17) is 4.74 Å². The van der Waals surface area contributed by atoms with E-state index in [0.29, 0.717) is 22.7 Å². The van der Waals surface area contributed by atoms with Gasteiger partial charge < -0.3 is 15.4 Å². The smallest absolute Gasteiger partial charge is 0.294 e. The van der Waals surface area contributed by atoms with E-state index in [9.17, 15) is 19.2 Å². The number of aryl methyl sites for hydroxylation is 2. The average molecular weight is 645 g/mol. The number of amides is 4. The molecule has 2 N–H and O–H groups in total. The third-order valence-electron chi connectivity index (χ3n) is 6.64. The number of fused-ring (bicyclic) bond motifs is 1. The Bertz CT molecular complexity index is 1750. The summed E-state index contributed by atoms with van der Waals surface area (Å²) in [6, 6.07) is 23.8. The summed E-state index contributed by atoms with van der Waals surface area (Å²) in [4.78, 5) is 51.8. The van der Waals surface area contributed by atoms with Crippen molar-refractivity contribution in [1.29, 1.82) is 0 Å². The topological polar surface area (TPSA) is 105 Å². The maximum absolute atomic E-state index is 12.9. The summed E-state index contributed by atoms with van der Waals surface area (Å²) < 4.78 is 6.40. The van der Waals surface area contributed by atoms with Gasteiger partial charge in [0.05, 0.1) is 10.6 Å². The summed E-state index contributed by atoms with van der Waals surface area (Å²) in [5.41, 5.74) is 4.12. The van der Waals surface area contributed by atoms with Crippen LogP contribution in [0.25, 0.3) is 16.8 Å². The Morgan fingerprint density at radius 3 is 2.36 bits per heavy atom. The van der Waals surface area contributed by atoms with Gasteiger partial charge >= 0.3 is 0 Å². The van der Waals surface area contributed by atoms with Crippen molar-refractivity contribution in [1.82, 2.24) is 4.90 Å². The molecule has 1 aliphatic rings. The highest BCUT2D eigenvalue weighted by Gasteiger charge is 2.36. The summed E-state index contributed by atoms with van der Waals surface area (Å²) in [5, 5.41) is 6.96. The molecule has 42 heavy (non-hydrogen) atoms. The lowest BCUT2D eigenvalue weighted by Gasteiger charge is -2.13. The number of nitrogens with zero attached hydrogens (tertiary/aromatic N) is 1. The highest BCUT2D eigenvalue weighted by Crippen LogP contribution is 2.33. The van der Waals surface area contributed by atoms with Crippen LogP contribution in [-0.2, 0) is 14.4 Å². The molecule has 5 rings (SSSR count). The molecule has 0 saturated carbocycles. The van der Waals surface area contributed by atoms with Gasteiger partial charge in [0.15, 0.2) is 6.61 Å². The van der Waals surface area contributed by atoms with Gasteiger partial charge in [0.25, 0.3) is 17.1 Å². The van der Waals surface area contributed by atoms with Crippen LogP contribution in [0.1, 0.15) is 16.7 Å². The van der Waals surface area contributed by atoms with Crippen LogP contribution in [0.15, 0.2) is 88.2 Å². The number of nitrogens with one attached hydrogen (secondary N) is 2. The Kier molecular flexibility index (Phi) is 8.75. The Labute approximate surface area is 255 Å². The maximum atomic E-state index is 12.9. The number of ether oxygens (including phenoxy) is 1. The minimum absolute atomic E-state index is 0.182. The molecule has 4 aromatic rings. The van der Waals surface area contributed by atoms with Gasteiger partial charge in [-0.25, -0.2) is 0 Å². The van der Waals surface area contributed by atoms with Gasteiger partial charge in [-0.15, -0.1) is 0 Å². The summed E-state index contributed by atoms with van der Waals surface area (Å²) in [6.45, 7) is 3.40. The van der Waals surface area contributed by atoms with E-state index >= 15 is 0 Å². The van der Waals surface area contributed by atoms with Crippen molar-refractivity contribution in [2.75, 3.05) is 23.8 Å². The Morgan fingerprint density at radius 2 is 1.57 bits per heavy atom. The minimum atomic E-state index is -0.535. The van der Waals surface area contributed by atoms with Crippen LogP contribution in [-0.4, -0.2) is 41.0 Å². The van der Waals surface area contributed by atoms with E-state index in [0.717, 1.165) is 43.0 Å². The second-order valence-corrected chi connectivity index (χ2v) is 11.5. The van der Waals surface area contributed by atoms with Crippen LogP contribution in [0.3, 0.4) is 0 Å². The van der Waals surface area contributed by atoms with Gasteiger partial charge in [-0.1, -0.05) is 48.5 Å². The van der Waals surface area contributed by atoms with Crippen LogP contribution in [0.5, 0.6) is 5.75 Å². The van der Waals surface area contributed by atoms with Crippen molar-refractivity contribution in [3.8, 4) is 5.75 Å². The maximum Gasteiger partial charge on any atom is 0.294 e. The first-order valence-corrected chi connectivity index (χ1v) is 14.6. The number of halogens is 1. The molecule has 1 heterocycles. The molecule has 212 valence electrons. The van der Waals surface area contributed by atoms with Crippen LogP contribution in [0.4, 0.5) is 16.2 Å². The molecule has 0 radical (unpaired) electrons. The van der Waals surface area contributed by atoms with E-state index in [1.165, 1.54) is 0 Å². The van der Waals surface area contributed by atoms with Crippen molar-refractivity contribution in [2.24, 2.45) is 0 Å². The minimum Gasteiger partial charge on any atom is -0.484 e. The molecular weight excluding hydrogens is 618 g/mol. The molecule has 4 aromatic carbocycles. The molecular formula is C32H26BrN3O5S. The number of rotatable bonds is 8. The lowest BCUT2D eigenvalue weighted by molar-refractivity contribution is -0.127. The lowest BCUT2D eigenvalue weighted by atomic mass is 10.1. The van der Waals surface area contributed by atoms with E-state index < -0.39 is 23.6 Å². The van der Waals surface area contributed by atoms with Crippen molar-refractivity contribution >= 4 is 78.9 Å². The number of benzene rings is 4. The molecule has 0 bridgehead atoms. The first-order chi connectivity index (χ1) is 20.2. The molecule has 4 amide bonds. The van der Waals surface area contributed by atoms with Gasteiger partial charge in [-0.3, -0.25) is 24.1 Å². The van der Waals surface area contributed by atoms with Gasteiger partial charge in [-0.05, 0) is 100 Å². The quantitative estimate of drug-likeness (QED) is 0.202. The lowest BCUT2D eigenvalue weighted by Crippen LogP contribution is -2.36. The van der Waals surface area contributed by atoms with Crippen molar-refractivity contribution < 1.29 is 23.9 Å². The number of carbonyl (C=O) groups is 4. The van der Waals surface area contributed by atoms with E-state index in [2.05, 4.69) is 26.6 Å². The van der Waals surface area contributed by atoms with Crippen molar-refractivity contribution in [2.45, 2.75) is 13.8 Å². The monoisotopic (exact) mass is 643 g/mol. The number of carbonyl (C=O) groups excluding carboxylic acids is 4. The molecule has 10 heteroatoms. The van der Waals surface area contributed by atoms with Gasteiger partial charge in [0.1, 0.15) is 12.3 Å². The standard InChI is InChI=1S/C32H26BrN3O5S/c1-19-14-25(33)27(15-20(19)2)35-30(38)18-41-23-12-10-21(11-13-23)16-28-31(39)36(32(40)42-28)17-29(37)34-26-9-5-7-22-6-3-4-8-24(22)26/h3-16H,17-18H2,1-2H3,(H,34,37)(H,35,38)/b28-16+.